The maximum absolute atomic E-state index is 12.9. The molecule has 1 aliphatic rings. The van der Waals surface area contributed by atoms with Crippen LogP contribution in [0.2, 0.25) is 0 Å². The summed E-state index contributed by atoms with van der Waals surface area (Å²) in [5.41, 5.74) is 0.879. The van der Waals surface area contributed by atoms with Crippen molar-refractivity contribution in [1.29, 1.82) is 0 Å². The number of rotatable bonds is 5. The highest BCUT2D eigenvalue weighted by Gasteiger charge is 2.36. The second kappa shape index (κ2) is 8.70. The van der Waals surface area contributed by atoms with Gasteiger partial charge in [0.1, 0.15) is 17.9 Å². The molecule has 0 atom stereocenters. The molecule has 2 aromatic rings. The first-order valence-corrected chi connectivity index (χ1v) is 9.98. The minimum atomic E-state index is -0.780. The molecule has 142 valence electrons. The second-order valence-corrected chi connectivity index (χ2v) is 7.80. The van der Waals surface area contributed by atoms with Crippen LogP contribution in [0.25, 0.3) is 6.08 Å². The molecule has 0 radical (unpaired) electrons. The van der Waals surface area contributed by atoms with Crippen molar-refractivity contribution in [2.24, 2.45) is 0 Å². The van der Waals surface area contributed by atoms with Gasteiger partial charge in [-0.25, -0.2) is 9.69 Å². The van der Waals surface area contributed by atoms with E-state index < -0.39 is 17.8 Å². The maximum atomic E-state index is 12.9. The molecular formula is C20H14BrIN2O4. The van der Waals surface area contributed by atoms with Crippen molar-refractivity contribution in [3.8, 4) is 5.75 Å². The zero-order valence-corrected chi connectivity index (χ0v) is 18.2. The minimum absolute atomic E-state index is 0.127. The van der Waals surface area contributed by atoms with Crippen molar-refractivity contribution in [3.05, 3.63) is 74.3 Å². The van der Waals surface area contributed by atoms with Crippen molar-refractivity contribution < 1.29 is 19.1 Å². The van der Waals surface area contributed by atoms with Crippen LogP contribution in [0.15, 0.2) is 65.2 Å². The van der Waals surface area contributed by atoms with Crippen LogP contribution in [-0.2, 0) is 9.59 Å². The van der Waals surface area contributed by atoms with Gasteiger partial charge >= 0.3 is 6.03 Å². The lowest BCUT2D eigenvalue weighted by atomic mass is 10.1. The molecule has 2 aromatic carbocycles. The quantitative estimate of drug-likeness (QED) is 0.260. The molecule has 1 heterocycles. The van der Waals surface area contributed by atoms with E-state index in [9.17, 15) is 14.4 Å². The van der Waals surface area contributed by atoms with E-state index in [0.29, 0.717) is 23.6 Å². The Morgan fingerprint density at radius 3 is 2.50 bits per heavy atom. The number of ether oxygens (including phenoxy) is 1. The van der Waals surface area contributed by atoms with Crippen molar-refractivity contribution in [3.63, 3.8) is 0 Å². The summed E-state index contributed by atoms with van der Waals surface area (Å²) in [7, 11) is 0. The number of hydrogen-bond donors (Lipinski definition) is 1. The monoisotopic (exact) mass is 552 g/mol. The molecule has 0 aliphatic carbocycles. The minimum Gasteiger partial charge on any atom is -0.488 e. The van der Waals surface area contributed by atoms with Crippen molar-refractivity contribution in [2.45, 2.75) is 0 Å². The first kappa shape index (κ1) is 20.3. The first-order chi connectivity index (χ1) is 13.4. The SMILES string of the molecule is C=CCOc1ccc(/C=C2\C(=O)NC(=O)N(c3ccc(Br)cc3)C2=O)cc1I. The fourth-order valence-corrected chi connectivity index (χ4v) is 3.48. The number of halogens is 2. The highest BCUT2D eigenvalue weighted by atomic mass is 127. The van der Waals surface area contributed by atoms with E-state index in [1.54, 1.807) is 48.5 Å². The first-order valence-electron chi connectivity index (χ1n) is 8.11. The van der Waals surface area contributed by atoms with Gasteiger partial charge in [-0.2, -0.15) is 0 Å². The number of amides is 4. The average Bonchev–Trinajstić information content (AvgIpc) is 2.66. The van der Waals surface area contributed by atoms with E-state index in [4.69, 9.17) is 4.74 Å². The molecule has 1 saturated heterocycles. The van der Waals surface area contributed by atoms with Gasteiger partial charge in [0.05, 0.1) is 9.26 Å². The number of barbiturate groups is 1. The standard InChI is InChI=1S/C20H14BrIN2O4/c1-2-9-28-17-8-3-12(11-16(17)22)10-15-18(25)23-20(27)24(19(15)26)14-6-4-13(21)5-7-14/h2-8,10-11H,1,9H2,(H,23,25,27)/b15-10+. The Morgan fingerprint density at radius 1 is 1.14 bits per heavy atom. The van der Waals surface area contributed by atoms with E-state index in [2.05, 4.69) is 50.4 Å². The summed E-state index contributed by atoms with van der Waals surface area (Å²) >= 11 is 5.41. The number of hydrogen-bond acceptors (Lipinski definition) is 4. The van der Waals surface area contributed by atoms with E-state index in [0.717, 1.165) is 12.9 Å². The summed E-state index contributed by atoms with van der Waals surface area (Å²) in [6.07, 6.45) is 3.10. The zero-order valence-electron chi connectivity index (χ0n) is 14.4. The molecule has 1 fully saturated rings. The number of nitrogens with one attached hydrogen (secondary N) is 1. The molecule has 0 saturated carbocycles. The Labute approximate surface area is 183 Å². The maximum Gasteiger partial charge on any atom is 0.335 e. The average molecular weight is 553 g/mol. The molecule has 0 unspecified atom stereocenters. The van der Waals surface area contributed by atoms with E-state index in [-0.39, 0.29) is 5.57 Å². The van der Waals surface area contributed by atoms with Crippen LogP contribution in [0.4, 0.5) is 10.5 Å². The van der Waals surface area contributed by atoms with Gasteiger partial charge in [0.15, 0.2) is 0 Å². The van der Waals surface area contributed by atoms with Gasteiger partial charge in [-0.1, -0.05) is 34.7 Å². The molecule has 1 aliphatic heterocycles. The number of carbonyl (C=O) groups is 3. The third-order valence-corrected chi connectivity index (χ3v) is 5.18. The van der Waals surface area contributed by atoms with Crippen molar-refractivity contribution in [2.75, 3.05) is 11.5 Å². The van der Waals surface area contributed by atoms with Crippen LogP contribution in [-0.4, -0.2) is 24.5 Å². The van der Waals surface area contributed by atoms with Gasteiger partial charge in [0.25, 0.3) is 11.8 Å². The van der Waals surface area contributed by atoms with Gasteiger partial charge in [0, 0.05) is 4.47 Å². The predicted octanol–water partition coefficient (Wildman–Crippen LogP) is 4.28. The van der Waals surface area contributed by atoms with Gasteiger partial charge in [-0.05, 0) is 70.6 Å². The number of anilines is 1. The lowest BCUT2D eigenvalue weighted by Gasteiger charge is -2.26. The number of imide groups is 2. The topological polar surface area (TPSA) is 75.7 Å². The van der Waals surface area contributed by atoms with E-state index >= 15 is 0 Å². The molecule has 0 bridgehead atoms. The zero-order chi connectivity index (χ0) is 20.3. The fraction of sp³-hybridized carbons (Fsp3) is 0.0500. The summed E-state index contributed by atoms with van der Waals surface area (Å²) in [4.78, 5) is 38.2. The van der Waals surface area contributed by atoms with Gasteiger partial charge < -0.3 is 4.74 Å². The molecule has 3 rings (SSSR count). The summed E-state index contributed by atoms with van der Waals surface area (Å²) in [5, 5.41) is 2.21. The van der Waals surface area contributed by atoms with Crippen LogP contribution in [0.5, 0.6) is 5.75 Å². The summed E-state index contributed by atoms with van der Waals surface area (Å²) in [5.74, 6) is -0.739. The van der Waals surface area contributed by atoms with Crippen LogP contribution >= 0.6 is 38.5 Å². The Hall–Kier alpha value is -2.46. The molecule has 8 heteroatoms. The molecule has 1 N–H and O–H groups in total. The van der Waals surface area contributed by atoms with Crippen molar-refractivity contribution >= 4 is 68.1 Å². The van der Waals surface area contributed by atoms with Gasteiger partial charge in [-0.3, -0.25) is 14.9 Å². The van der Waals surface area contributed by atoms with Crippen LogP contribution in [0.3, 0.4) is 0 Å². The predicted molar refractivity (Wildman–Crippen MR) is 118 cm³/mol. The molecular weight excluding hydrogens is 539 g/mol. The largest absolute Gasteiger partial charge is 0.488 e. The summed E-state index contributed by atoms with van der Waals surface area (Å²) < 4.78 is 7.15. The number of carbonyl (C=O) groups excluding carboxylic acids is 3. The number of nitrogens with zero attached hydrogens (tertiary/aromatic N) is 1. The van der Waals surface area contributed by atoms with Crippen LogP contribution < -0.4 is 15.0 Å². The normalized spacial score (nSPS) is 15.6. The summed E-state index contributed by atoms with van der Waals surface area (Å²) in [6.45, 7) is 3.98. The van der Waals surface area contributed by atoms with Gasteiger partial charge in [0.2, 0.25) is 0 Å². The Kier molecular flexibility index (Phi) is 6.30. The third-order valence-electron chi connectivity index (χ3n) is 3.81. The molecule has 6 nitrogen and oxygen atoms in total. The Morgan fingerprint density at radius 2 is 1.86 bits per heavy atom. The fourth-order valence-electron chi connectivity index (χ4n) is 2.52. The van der Waals surface area contributed by atoms with E-state index in [1.165, 1.54) is 6.08 Å². The molecule has 28 heavy (non-hydrogen) atoms. The third kappa shape index (κ3) is 4.33. The summed E-state index contributed by atoms with van der Waals surface area (Å²) in [6, 6.07) is 11.1. The smallest absolute Gasteiger partial charge is 0.335 e. The highest BCUT2D eigenvalue weighted by Crippen LogP contribution is 2.26. The van der Waals surface area contributed by atoms with Crippen LogP contribution in [0, 0.1) is 3.57 Å². The van der Waals surface area contributed by atoms with Crippen molar-refractivity contribution in [1.82, 2.24) is 5.32 Å². The Bertz CT molecular complexity index is 1000. The van der Waals surface area contributed by atoms with Gasteiger partial charge in [-0.15, -0.1) is 0 Å². The Balaban J connectivity index is 1.93. The second-order valence-electron chi connectivity index (χ2n) is 5.72. The molecule has 0 aromatic heterocycles. The highest BCUT2D eigenvalue weighted by molar-refractivity contribution is 14.1. The molecule has 0 spiro atoms. The number of benzene rings is 2. The van der Waals surface area contributed by atoms with Crippen LogP contribution in [0.1, 0.15) is 5.56 Å². The number of urea groups is 1. The lowest BCUT2D eigenvalue weighted by Crippen LogP contribution is -2.54. The molecule has 4 amide bonds. The lowest BCUT2D eigenvalue weighted by molar-refractivity contribution is -0.122. The van der Waals surface area contributed by atoms with E-state index in [1.807, 2.05) is 0 Å².